The highest BCUT2D eigenvalue weighted by molar-refractivity contribution is 5.96. The molecule has 0 spiro atoms. The van der Waals surface area contributed by atoms with E-state index in [1.54, 1.807) is 43.3 Å². The highest BCUT2D eigenvalue weighted by Crippen LogP contribution is 2.13. The second-order valence-electron chi connectivity index (χ2n) is 6.55. The van der Waals surface area contributed by atoms with Crippen LogP contribution in [0.15, 0.2) is 48.5 Å². The summed E-state index contributed by atoms with van der Waals surface area (Å²) in [7, 11) is 0. The Balaban J connectivity index is 1.78. The minimum absolute atomic E-state index is 0.366. The molecule has 0 fully saturated rings. The minimum atomic E-state index is -1.05. The molecule has 2 rings (SSSR count). The molecule has 2 aromatic rings. The molecule has 0 aliphatic heterocycles. The largest absolute Gasteiger partial charge is 0.494 e. The molecular weight excluding hydrogens is 391 g/mol. The lowest BCUT2D eigenvalue weighted by molar-refractivity contribution is -0.154. The highest BCUT2D eigenvalue weighted by atomic mass is 19.1. The van der Waals surface area contributed by atoms with Crippen molar-refractivity contribution in [3.63, 3.8) is 0 Å². The monoisotopic (exact) mass is 416 g/mol. The maximum Gasteiger partial charge on any atom is 0.326 e. The van der Waals surface area contributed by atoms with Crippen molar-refractivity contribution >= 4 is 17.8 Å². The molecule has 0 aliphatic rings. The van der Waals surface area contributed by atoms with Gasteiger partial charge in [0.05, 0.1) is 12.6 Å². The van der Waals surface area contributed by atoms with Gasteiger partial charge in [-0.05, 0) is 62.7 Å². The molecule has 0 bridgehead atoms. The summed E-state index contributed by atoms with van der Waals surface area (Å²) < 4.78 is 23.4. The summed E-state index contributed by atoms with van der Waals surface area (Å²) in [5.41, 5.74) is 1.08. The Morgan fingerprint density at radius 2 is 1.63 bits per heavy atom. The quantitative estimate of drug-likeness (QED) is 0.613. The lowest BCUT2D eigenvalue weighted by atomic mass is 10.1. The van der Waals surface area contributed by atoms with Crippen LogP contribution in [0.1, 0.15) is 42.7 Å². The maximum absolute atomic E-state index is 13.0. The summed E-state index contributed by atoms with van der Waals surface area (Å²) in [5.74, 6) is -1.42. The number of rotatable bonds is 9. The molecule has 0 aliphatic carbocycles. The molecule has 2 aromatic carbocycles. The predicted octanol–water partition coefficient (Wildman–Crippen LogP) is 2.76. The smallest absolute Gasteiger partial charge is 0.326 e. The van der Waals surface area contributed by atoms with E-state index in [1.165, 1.54) is 19.1 Å². The van der Waals surface area contributed by atoms with Gasteiger partial charge in [-0.1, -0.05) is 12.1 Å². The number of amides is 2. The van der Waals surface area contributed by atoms with Gasteiger partial charge in [0, 0.05) is 5.56 Å². The van der Waals surface area contributed by atoms with Crippen LogP contribution in [-0.4, -0.2) is 37.0 Å². The zero-order valence-corrected chi connectivity index (χ0v) is 17.1. The van der Waals surface area contributed by atoms with Gasteiger partial charge in [-0.3, -0.25) is 14.4 Å². The van der Waals surface area contributed by atoms with Gasteiger partial charge in [0.15, 0.2) is 6.10 Å². The molecule has 0 radical (unpaired) electrons. The molecule has 0 saturated carbocycles. The minimum Gasteiger partial charge on any atom is -0.494 e. The number of esters is 1. The fraction of sp³-hybridized carbons (Fsp3) is 0.318. The first kappa shape index (κ1) is 22.9. The maximum atomic E-state index is 13.0. The Bertz CT molecular complexity index is 868. The molecule has 2 amide bonds. The van der Waals surface area contributed by atoms with Gasteiger partial charge in [0.25, 0.3) is 11.8 Å². The molecule has 2 atom stereocenters. The zero-order chi connectivity index (χ0) is 22.1. The molecule has 8 heteroatoms. The average molecular weight is 416 g/mol. The summed E-state index contributed by atoms with van der Waals surface area (Å²) in [5, 5.41) is 5.13. The van der Waals surface area contributed by atoms with Crippen LogP contribution in [0.2, 0.25) is 0 Å². The van der Waals surface area contributed by atoms with E-state index < -0.39 is 29.9 Å². The number of carbonyl (C=O) groups is 3. The van der Waals surface area contributed by atoms with E-state index in [1.807, 2.05) is 6.92 Å². The second kappa shape index (κ2) is 10.9. The molecule has 2 N–H and O–H groups in total. The topological polar surface area (TPSA) is 93.7 Å². The van der Waals surface area contributed by atoms with E-state index >= 15 is 0 Å². The van der Waals surface area contributed by atoms with Crippen LogP contribution in [0.3, 0.4) is 0 Å². The van der Waals surface area contributed by atoms with Gasteiger partial charge in [-0.15, -0.1) is 0 Å². The van der Waals surface area contributed by atoms with Gasteiger partial charge in [0.2, 0.25) is 0 Å². The Hall–Kier alpha value is -3.42. The van der Waals surface area contributed by atoms with Crippen molar-refractivity contribution in [3.05, 3.63) is 65.5 Å². The summed E-state index contributed by atoms with van der Waals surface area (Å²) >= 11 is 0. The predicted molar refractivity (Wildman–Crippen MR) is 108 cm³/mol. The van der Waals surface area contributed by atoms with E-state index in [0.29, 0.717) is 23.5 Å². The first-order valence-corrected chi connectivity index (χ1v) is 9.56. The summed E-state index contributed by atoms with van der Waals surface area (Å²) in [6.45, 7) is 5.16. The molecule has 0 heterocycles. The zero-order valence-electron chi connectivity index (χ0n) is 17.1. The van der Waals surface area contributed by atoms with Crippen molar-refractivity contribution in [1.29, 1.82) is 0 Å². The summed E-state index contributed by atoms with van der Waals surface area (Å²) in [6, 6.07) is 11.8. The van der Waals surface area contributed by atoms with Crippen molar-refractivity contribution in [2.24, 2.45) is 0 Å². The van der Waals surface area contributed by atoms with Crippen molar-refractivity contribution in [2.45, 2.75) is 32.9 Å². The van der Waals surface area contributed by atoms with Crippen LogP contribution in [0.25, 0.3) is 0 Å². The molecular formula is C22H25FN2O5. The van der Waals surface area contributed by atoms with Gasteiger partial charge in [-0.25, -0.2) is 4.39 Å². The third-order valence-electron chi connectivity index (χ3n) is 4.23. The fourth-order valence-electron chi connectivity index (χ4n) is 2.58. The standard InChI is InChI=1S/C22H25FN2O5/c1-4-29-19-11-7-17(8-12-19)22(28)24-13-20(26)30-15(3)21(27)25-14(2)16-5-9-18(23)10-6-16/h5-12,14-15H,4,13H2,1-3H3,(H,24,28)(H,25,27). The van der Waals surface area contributed by atoms with Crippen LogP contribution >= 0.6 is 0 Å². The van der Waals surface area contributed by atoms with Gasteiger partial charge in [-0.2, -0.15) is 0 Å². The fourth-order valence-corrected chi connectivity index (χ4v) is 2.58. The van der Waals surface area contributed by atoms with Crippen LogP contribution in [0.5, 0.6) is 5.75 Å². The van der Waals surface area contributed by atoms with E-state index in [-0.39, 0.29) is 12.4 Å². The van der Waals surface area contributed by atoms with Crippen LogP contribution in [-0.2, 0) is 14.3 Å². The number of benzene rings is 2. The number of nitrogens with one attached hydrogen (secondary N) is 2. The SMILES string of the molecule is CCOc1ccc(C(=O)NCC(=O)OC(C)C(=O)NC(C)c2ccc(F)cc2)cc1. The van der Waals surface area contributed by atoms with Crippen molar-refractivity contribution in [2.75, 3.05) is 13.2 Å². The molecule has 7 nitrogen and oxygen atoms in total. The number of hydrogen-bond acceptors (Lipinski definition) is 5. The number of ether oxygens (including phenoxy) is 2. The number of hydrogen-bond donors (Lipinski definition) is 2. The Labute approximate surface area is 174 Å². The van der Waals surface area contributed by atoms with Crippen molar-refractivity contribution in [3.8, 4) is 5.75 Å². The first-order valence-electron chi connectivity index (χ1n) is 9.56. The Morgan fingerprint density at radius 1 is 1.00 bits per heavy atom. The summed E-state index contributed by atoms with van der Waals surface area (Å²) in [6.07, 6.45) is -1.05. The van der Waals surface area contributed by atoms with E-state index in [0.717, 1.165) is 0 Å². The van der Waals surface area contributed by atoms with E-state index in [2.05, 4.69) is 10.6 Å². The van der Waals surface area contributed by atoms with Crippen LogP contribution in [0.4, 0.5) is 4.39 Å². The highest BCUT2D eigenvalue weighted by Gasteiger charge is 2.20. The van der Waals surface area contributed by atoms with Crippen molar-refractivity contribution in [1.82, 2.24) is 10.6 Å². The third-order valence-corrected chi connectivity index (χ3v) is 4.23. The van der Waals surface area contributed by atoms with Gasteiger partial charge < -0.3 is 20.1 Å². The van der Waals surface area contributed by atoms with Gasteiger partial charge in [0.1, 0.15) is 18.1 Å². The molecule has 30 heavy (non-hydrogen) atoms. The third kappa shape index (κ3) is 6.88. The molecule has 0 aromatic heterocycles. The Morgan fingerprint density at radius 3 is 2.23 bits per heavy atom. The normalized spacial score (nSPS) is 12.4. The van der Waals surface area contributed by atoms with E-state index in [9.17, 15) is 18.8 Å². The first-order chi connectivity index (χ1) is 14.3. The second-order valence-corrected chi connectivity index (χ2v) is 6.55. The van der Waals surface area contributed by atoms with E-state index in [4.69, 9.17) is 9.47 Å². The lowest BCUT2D eigenvalue weighted by Gasteiger charge is -2.18. The lowest BCUT2D eigenvalue weighted by Crippen LogP contribution is -2.39. The average Bonchev–Trinajstić information content (AvgIpc) is 2.73. The van der Waals surface area contributed by atoms with Crippen LogP contribution in [0, 0.1) is 5.82 Å². The number of carbonyl (C=O) groups excluding carboxylic acids is 3. The molecule has 2 unspecified atom stereocenters. The Kier molecular flexibility index (Phi) is 8.34. The molecule has 0 saturated heterocycles. The number of halogens is 1. The van der Waals surface area contributed by atoms with Gasteiger partial charge >= 0.3 is 5.97 Å². The molecule has 160 valence electrons. The van der Waals surface area contributed by atoms with Crippen LogP contribution < -0.4 is 15.4 Å². The van der Waals surface area contributed by atoms with Crippen molar-refractivity contribution < 1.29 is 28.2 Å². The summed E-state index contributed by atoms with van der Waals surface area (Å²) in [4.78, 5) is 36.3.